The molecule has 8 heteroatoms. The van der Waals surface area contributed by atoms with Crippen LogP contribution in [0.2, 0.25) is 0 Å². The number of carbonyl (C=O) groups excluding carboxylic acids is 4. The lowest BCUT2D eigenvalue weighted by Crippen LogP contribution is -2.40. The summed E-state index contributed by atoms with van der Waals surface area (Å²) in [7, 11) is 1.41. The molecule has 0 aromatic heterocycles. The predicted octanol–water partition coefficient (Wildman–Crippen LogP) is 0.405. The number of Topliss-reactive ketones (excluding diaryl/α,β-unsaturated/α-hetero) is 1. The van der Waals surface area contributed by atoms with Crippen LogP contribution in [0.4, 0.5) is 0 Å². The first kappa shape index (κ1) is 20.0. The van der Waals surface area contributed by atoms with Crippen molar-refractivity contribution in [3.63, 3.8) is 0 Å². The van der Waals surface area contributed by atoms with Gasteiger partial charge in [0.05, 0.1) is 0 Å². The zero-order valence-electron chi connectivity index (χ0n) is 13.6. The summed E-state index contributed by atoms with van der Waals surface area (Å²) >= 11 is 0. The minimum atomic E-state index is -0.747. The molecule has 0 N–H and O–H groups in total. The summed E-state index contributed by atoms with van der Waals surface area (Å²) in [5.74, 6) is -1.65. The van der Waals surface area contributed by atoms with Gasteiger partial charge in [0.25, 0.3) is 0 Å². The molecule has 0 saturated carbocycles. The van der Waals surface area contributed by atoms with Crippen LogP contribution in [0.25, 0.3) is 0 Å². The normalized spacial score (nSPS) is 23.2. The van der Waals surface area contributed by atoms with E-state index in [-0.39, 0.29) is 5.78 Å². The van der Waals surface area contributed by atoms with Gasteiger partial charge in [-0.15, -0.1) is 0 Å². The van der Waals surface area contributed by atoms with E-state index in [2.05, 4.69) is 9.47 Å². The molecule has 0 aliphatic carbocycles. The summed E-state index contributed by atoms with van der Waals surface area (Å²) in [6, 6.07) is 0. The predicted molar refractivity (Wildman–Crippen MR) is 73.8 cm³/mol. The Morgan fingerprint density at radius 2 is 1.41 bits per heavy atom. The van der Waals surface area contributed by atoms with Crippen molar-refractivity contribution >= 4 is 23.7 Å². The number of ketones is 1. The number of rotatable bonds is 4. The number of esters is 3. The largest absolute Gasteiger partial charge is 0.453 e. The number of hydrogen-bond donors (Lipinski definition) is 0. The van der Waals surface area contributed by atoms with Crippen molar-refractivity contribution in [3.8, 4) is 0 Å². The highest BCUT2D eigenvalue weighted by Gasteiger charge is 2.32. The highest BCUT2D eigenvalue weighted by Crippen LogP contribution is 2.08. The molecule has 1 fully saturated rings. The highest BCUT2D eigenvalue weighted by atomic mass is 16.6. The first-order chi connectivity index (χ1) is 10.1. The molecule has 0 amide bonds. The smallest absolute Gasteiger partial charge is 0.347 e. The molecule has 1 saturated heterocycles. The Morgan fingerprint density at radius 3 is 1.73 bits per heavy atom. The molecule has 8 nitrogen and oxygen atoms in total. The molecule has 1 heterocycles. The average Bonchev–Trinajstić information content (AvgIpc) is 2.44. The van der Waals surface area contributed by atoms with Crippen molar-refractivity contribution in [2.75, 3.05) is 7.11 Å². The van der Waals surface area contributed by atoms with Crippen LogP contribution in [0.3, 0.4) is 0 Å². The van der Waals surface area contributed by atoms with Gasteiger partial charge in [0.15, 0.2) is 30.2 Å². The van der Waals surface area contributed by atoms with Gasteiger partial charge in [-0.2, -0.15) is 0 Å². The van der Waals surface area contributed by atoms with Gasteiger partial charge in [-0.3, -0.25) is 4.79 Å². The summed E-state index contributed by atoms with van der Waals surface area (Å²) in [5, 5.41) is 0. The van der Waals surface area contributed by atoms with Crippen LogP contribution in [-0.4, -0.2) is 55.2 Å². The van der Waals surface area contributed by atoms with Crippen LogP contribution in [-0.2, 0) is 38.1 Å². The number of cyclic esters (lactones) is 2. The summed E-state index contributed by atoms with van der Waals surface area (Å²) in [6.45, 7) is 7.42. The molecular formula is C14H22O8. The molecule has 126 valence electrons. The standard InChI is InChI=1S/C8H14O4.C6H8O4/c1-5(9)6(2)12-8(10)7(3)11-4;1-3-5(7)10-4(2)6(8)9-3/h6-7H,1-4H3;3-4H,1-2H3/t6-,7-;3-,4-/m00/s1. The van der Waals surface area contributed by atoms with Crippen molar-refractivity contribution in [1.29, 1.82) is 0 Å². The molecule has 22 heavy (non-hydrogen) atoms. The molecule has 0 spiro atoms. The van der Waals surface area contributed by atoms with E-state index >= 15 is 0 Å². The summed E-state index contributed by atoms with van der Waals surface area (Å²) in [5.41, 5.74) is 0. The molecular weight excluding hydrogens is 296 g/mol. The molecule has 0 radical (unpaired) electrons. The van der Waals surface area contributed by atoms with Gasteiger partial charge in [0, 0.05) is 7.11 Å². The molecule has 1 aliphatic heterocycles. The SMILES string of the molecule is CO[C@@H](C)C(=O)O[C@@H](C)C(C)=O.C[C@@H]1OC(=O)[C@H](C)OC1=O. The third-order valence-electron chi connectivity index (χ3n) is 2.80. The van der Waals surface area contributed by atoms with Crippen LogP contribution >= 0.6 is 0 Å². The Kier molecular flexibility index (Phi) is 8.32. The molecule has 0 unspecified atom stereocenters. The second kappa shape index (κ2) is 9.14. The van der Waals surface area contributed by atoms with Gasteiger partial charge < -0.3 is 18.9 Å². The maximum atomic E-state index is 11.0. The number of ether oxygens (including phenoxy) is 4. The Bertz CT molecular complexity index is 411. The number of methoxy groups -OCH3 is 1. The minimum absolute atomic E-state index is 0.174. The monoisotopic (exact) mass is 318 g/mol. The van der Waals surface area contributed by atoms with Gasteiger partial charge in [0.2, 0.25) is 0 Å². The lowest BCUT2D eigenvalue weighted by atomic mass is 10.3. The summed E-state index contributed by atoms with van der Waals surface area (Å²) < 4.78 is 18.7. The molecule has 4 atom stereocenters. The van der Waals surface area contributed by atoms with E-state index in [1.54, 1.807) is 6.92 Å². The van der Waals surface area contributed by atoms with Gasteiger partial charge in [0.1, 0.15) is 0 Å². The van der Waals surface area contributed by atoms with Gasteiger partial charge >= 0.3 is 17.9 Å². The van der Waals surface area contributed by atoms with E-state index in [4.69, 9.17) is 9.47 Å². The van der Waals surface area contributed by atoms with Crippen LogP contribution in [0, 0.1) is 0 Å². The third kappa shape index (κ3) is 6.66. The van der Waals surface area contributed by atoms with E-state index in [1.165, 1.54) is 34.8 Å². The van der Waals surface area contributed by atoms with Gasteiger partial charge in [-0.25, -0.2) is 14.4 Å². The molecule has 1 rings (SSSR count). The van der Waals surface area contributed by atoms with Gasteiger partial charge in [-0.05, 0) is 34.6 Å². The summed E-state index contributed by atoms with van der Waals surface area (Å²) in [6.07, 6.45) is -2.80. The van der Waals surface area contributed by atoms with E-state index in [0.717, 1.165) is 0 Å². The van der Waals surface area contributed by atoms with Crippen molar-refractivity contribution < 1.29 is 38.1 Å². The van der Waals surface area contributed by atoms with Gasteiger partial charge in [-0.1, -0.05) is 0 Å². The zero-order chi connectivity index (χ0) is 17.4. The Labute approximate surface area is 129 Å². The van der Waals surface area contributed by atoms with E-state index < -0.39 is 42.3 Å². The maximum absolute atomic E-state index is 11.0. The quantitative estimate of drug-likeness (QED) is 0.542. The van der Waals surface area contributed by atoms with E-state index in [1.807, 2.05) is 0 Å². The molecule has 0 aromatic carbocycles. The zero-order valence-corrected chi connectivity index (χ0v) is 13.6. The topological polar surface area (TPSA) is 105 Å². The number of hydrogen-bond acceptors (Lipinski definition) is 8. The number of carbonyl (C=O) groups is 4. The van der Waals surface area contributed by atoms with Crippen LogP contribution < -0.4 is 0 Å². The van der Waals surface area contributed by atoms with E-state index in [9.17, 15) is 19.2 Å². The fraction of sp³-hybridized carbons (Fsp3) is 0.714. The maximum Gasteiger partial charge on any atom is 0.347 e. The molecule has 1 aliphatic rings. The van der Waals surface area contributed by atoms with Crippen LogP contribution in [0.5, 0.6) is 0 Å². The fourth-order valence-corrected chi connectivity index (χ4v) is 1.09. The fourth-order valence-electron chi connectivity index (χ4n) is 1.09. The Hall–Kier alpha value is -1.96. The highest BCUT2D eigenvalue weighted by molar-refractivity contribution is 5.86. The Balaban J connectivity index is 0.000000406. The van der Waals surface area contributed by atoms with Crippen molar-refractivity contribution in [2.24, 2.45) is 0 Å². The lowest BCUT2D eigenvalue weighted by Gasteiger charge is -2.22. The Morgan fingerprint density at radius 1 is 1.00 bits per heavy atom. The molecule has 0 bridgehead atoms. The third-order valence-corrected chi connectivity index (χ3v) is 2.80. The second-order valence-corrected chi connectivity index (χ2v) is 4.73. The lowest BCUT2D eigenvalue weighted by molar-refractivity contribution is -0.191. The average molecular weight is 318 g/mol. The first-order valence-corrected chi connectivity index (χ1v) is 6.74. The van der Waals surface area contributed by atoms with Crippen molar-refractivity contribution in [1.82, 2.24) is 0 Å². The second-order valence-electron chi connectivity index (χ2n) is 4.73. The van der Waals surface area contributed by atoms with Crippen molar-refractivity contribution in [2.45, 2.75) is 59.0 Å². The minimum Gasteiger partial charge on any atom is -0.453 e. The van der Waals surface area contributed by atoms with Crippen LogP contribution in [0.15, 0.2) is 0 Å². The van der Waals surface area contributed by atoms with E-state index in [0.29, 0.717) is 0 Å². The summed E-state index contributed by atoms with van der Waals surface area (Å²) in [4.78, 5) is 43.0. The van der Waals surface area contributed by atoms with Crippen molar-refractivity contribution in [3.05, 3.63) is 0 Å². The first-order valence-electron chi connectivity index (χ1n) is 6.74. The van der Waals surface area contributed by atoms with Crippen LogP contribution in [0.1, 0.15) is 34.6 Å². The molecule has 0 aromatic rings.